The minimum atomic E-state index is 0.226. The van der Waals surface area contributed by atoms with E-state index in [9.17, 15) is 4.79 Å². The van der Waals surface area contributed by atoms with E-state index in [1.807, 2.05) is 11.8 Å². The lowest BCUT2D eigenvalue weighted by molar-refractivity contribution is -0.130. The summed E-state index contributed by atoms with van der Waals surface area (Å²) in [5, 5.41) is 3.40. The molecule has 1 N–H and O–H groups in total. The van der Waals surface area contributed by atoms with Crippen LogP contribution in [-0.4, -0.2) is 11.7 Å². The lowest BCUT2D eigenvalue weighted by Crippen LogP contribution is -2.48. The van der Waals surface area contributed by atoms with Crippen LogP contribution >= 0.6 is 11.8 Å². The third-order valence-corrected chi connectivity index (χ3v) is 8.12. The molecular formula is C21H27NOS. The Balaban J connectivity index is 1.29. The van der Waals surface area contributed by atoms with Gasteiger partial charge in [-0.05, 0) is 79.7 Å². The molecule has 1 heterocycles. The number of amides is 1. The van der Waals surface area contributed by atoms with Gasteiger partial charge in [0.25, 0.3) is 0 Å². The van der Waals surface area contributed by atoms with Crippen molar-refractivity contribution in [1.29, 1.82) is 0 Å². The van der Waals surface area contributed by atoms with Crippen LogP contribution in [0.15, 0.2) is 29.2 Å². The summed E-state index contributed by atoms with van der Waals surface area (Å²) in [6.45, 7) is 0. The van der Waals surface area contributed by atoms with Crippen LogP contribution in [0, 0.1) is 23.2 Å². The van der Waals surface area contributed by atoms with Crippen molar-refractivity contribution < 1.29 is 4.79 Å². The fourth-order valence-corrected chi connectivity index (χ4v) is 7.71. The molecular weight excluding hydrogens is 314 g/mol. The van der Waals surface area contributed by atoms with E-state index in [1.54, 1.807) is 0 Å². The van der Waals surface area contributed by atoms with Gasteiger partial charge in [0.2, 0.25) is 5.91 Å². The number of hydrogen-bond donors (Lipinski definition) is 1. The molecule has 1 aromatic carbocycles. The van der Waals surface area contributed by atoms with E-state index in [-0.39, 0.29) is 6.04 Å². The minimum absolute atomic E-state index is 0.226. The molecule has 128 valence electrons. The topological polar surface area (TPSA) is 29.1 Å². The van der Waals surface area contributed by atoms with Crippen LogP contribution in [0.25, 0.3) is 0 Å². The molecule has 0 radical (unpaired) electrons. The number of benzene rings is 1. The van der Waals surface area contributed by atoms with Gasteiger partial charge < -0.3 is 5.32 Å². The number of fused-ring (bicyclic) bond motifs is 1. The van der Waals surface area contributed by atoms with Gasteiger partial charge in [-0.3, -0.25) is 4.79 Å². The van der Waals surface area contributed by atoms with Crippen LogP contribution in [-0.2, 0) is 4.79 Å². The Hall–Kier alpha value is -0.960. The summed E-state index contributed by atoms with van der Waals surface area (Å²) in [6, 6.07) is 8.81. The highest BCUT2D eigenvalue weighted by molar-refractivity contribution is 7.99. The second kappa shape index (κ2) is 5.79. The molecule has 4 aliphatic carbocycles. The highest BCUT2D eigenvalue weighted by Gasteiger charge is 2.51. The molecule has 1 aliphatic heterocycles. The van der Waals surface area contributed by atoms with E-state index in [0.29, 0.717) is 11.3 Å². The van der Waals surface area contributed by atoms with E-state index < -0.39 is 0 Å². The zero-order chi connectivity index (χ0) is 16.1. The fourth-order valence-electron chi connectivity index (χ4n) is 6.58. The van der Waals surface area contributed by atoms with Gasteiger partial charge in [0.15, 0.2) is 0 Å². The number of thioether (sulfide) groups is 1. The Morgan fingerprint density at radius 1 is 1.08 bits per heavy atom. The number of rotatable bonds is 3. The lowest BCUT2D eigenvalue weighted by Gasteiger charge is -2.56. The highest BCUT2D eigenvalue weighted by atomic mass is 32.2. The third kappa shape index (κ3) is 2.69. The monoisotopic (exact) mass is 341 g/mol. The first kappa shape index (κ1) is 15.3. The van der Waals surface area contributed by atoms with Gasteiger partial charge in [0, 0.05) is 17.1 Å². The molecule has 5 aliphatic rings. The molecule has 4 fully saturated rings. The summed E-state index contributed by atoms with van der Waals surface area (Å²) in [7, 11) is 0. The second-order valence-electron chi connectivity index (χ2n) is 8.89. The van der Waals surface area contributed by atoms with E-state index >= 15 is 0 Å². The van der Waals surface area contributed by atoms with Crippen molar-refractivity contribution >= 4 is 17.7 Å². The molecule has 1 aromatic rings. The Morgan fingerprint density at radius 3 is 2.46 bits per heavy atom. The van der Waals surface area contributed by atoms with Crippen LogP contribution in [0.1, 0.15) is 63.0 Å². The molecule has 6 rings (SSSR count). The summed E-state index contributed by atoms with van der Waals surface area (Å²) in [5.74, 6) is 4.20. The Morgan fingerprint density at radius 2 is 1.75 bits per heavy atom. The molecule has 1 atom stereocenters. The van der Waals surface area contributed by atoms with Crippen molar-refractivity contribution in [2.24, 2.45) is 23.2 Å². The molecule has 0 saturated heterocycles. The van der Waals surface area contributed by atoms with Crippen LogP contribution in [0.2, 0.25) is 0 Å². The number of carbonyl (C=O) groups is 1. The summed E-state index contributed by atoms with van der Waals surface area (Å²) < 4.78 is 0. The Kier molecular flexibility index (Phi) is 3.69. The first-order valence-corrected chi connectivity index (χ1v) is 10.7. The van der Waals surface area contributed by atoms with E-state index in [1.165, 1.54) is 49.0 Å². The maximum Gasteiger partial charge on any atom is 0.221 e. The standard InChI is InChI=1S/C21H27NOS/c23-20(22-18-5-6-24-19-4-2-1-3-17(18)19)13-21-10-14-7-15(11-21)9-16(8-14)12-21/h1-4,14-16,18H,5-13H2,(H,22,23). The molecule has 1 unspecified atom stereocenters. The van der Waals surface area contributed by atoms with Crippen molar-refractivity contribution in [1.82, 2.24) is 5.32 Å². The first-order chi connectivity index (χ1) is 11.7. The maximum atomic E-state index is 12.9. The molecule has 3 heteroatoms. The highest BCUT2D eigenvalue weighted by Crippen LogP contribution is 2.61. The largest absolute Gasteiger partial charge is 0.349 e. The van der Waals surface area contributed by atoms with Gasteiger partial charge >= 0.3 is 0 Å². The minimum Gasteiger partial charge on any atom is -0.349 e. The van der Waals surface area contributed by atoms with Crippen molar-refractivity contribution in [2.45, 2.75) is 62.3 Å². The van der Waals surface area contributed by atoms with Crippen LogP contribution in [0.3, 0.4) is 0 Å². The van der Waals surface area contributed by atoms with Gasteiger partial charge in [-0.1, -0.05) is 18.2 Å². The molecule has 1 amide bonds. The quantitative estimate of drug-likeness (QED) is 0.843. The SMILES string of the molecule is O=C(CC12CC3CC(CC(C3)C1)C2)NC1CCSc2ccccc21. The van der Waals surface area contributed by atoms with Gasteiger partial charge in [-0.15, -0.1) is 11.8 Å². The smallest absolute Gasteiger partial charge is 0.221 e. The Bertz CT molecular complexity index is 620. The maximum absolute atomic E-state index is 12.9. The van der Waals surface area contributed by atoms with Gasteiger partial charge in [-0.2, -0.15) is 0 Å². The predicted octanol–water partition coefficient (Wildman–Crippen LogP) is 4.95. The average molecular weight is 342 g/mol. The van der Waals surface area contributed by atoms with Crippen LogP contribution in [0.4, 0.5) is 0 Å². The van der Waals surface area contributed by atoms with Crippen molar-refractivity contribution in [3.05, 3.63) is 29.8 Å². The second-order valence-corrected chi connectivity index (χ2v) is 10.0. The molecule has 4 bridgehead atoms. The normalized spacial score (nSPS) is 39.5. The average Bonchev–Trinajstić information content (AvgIpc) is 2.53. The molecule has 4 saturated carbocycles. The van der Waals surface area contributed by atoms with E-state index in [4.69, 9.17) is 0 Å². The lowest BCUT2D eigenvalue weighted by atomic mass is 9.49. The molecule has 24 heavy (non-hydrogen) atoms. The summed E-state index contributed by atoms with van der Waals surface area (Å²) in [4.78, 5) is 14.2. The molecule has 2 nitrogen and oxygen atoms in total. The number of hydrogen-bond acceptors (Lipinski definition) is 2. The van der Waals surface area contributed by atoms with E-state index in [2.05, 4.69) is 29.6 Å². The van der Waals surface area contributed by atoms with Gasteiger partial charge in [0.05, 0.1) is 6.04 Å². The molecule has 0 spiro atoms. The fraction of sp³-hybridized carbons (Fsp3) is 0.667. The Labute approximate surface area is 149 Å². The van der Waals surface area contributed by atoms with Crippen molar-refractivity contribution in [2.75, 3.05) is 5.75 Å². The summed E-state index contributed by atoms with van der Waals surface area (Å²) >= 11 is 1.92. The van der Waals surface area contributed by atoms with Crippen LogP contribution in [0.5, 0.6) is 0 Å². The summed E-state index contributed by atoms with van der Waals surface area (Å²) in [5.41, 5.74) is 1.68. The van der Waals surface area contributed by atoms with E-state index in [0.717, 1.165) is 36.3 Å². The number of carbonyl (C=O) groups excluding carboxylic acids is 1. The van der Waals surface area contributed by atoms with Crippen molar-refractivity contribution in [3.63, 3.8) is 0 Å². The van der Waals surface area contributed by atoms with Gasteiger partial charge in [0.1, 0.15) is 0 Å². The van der Waals surface area contributed by atoms with Crippen molar-refractivity contribution in [3.8, 4) is 0 Å². The summed E-state index contributed by atoms with van der Waals surface area (Å²) in [6.07, 6.45) is 10.2. The number of nitrogens with one attached hydrogen (secondary N) is 1. The third-order valence-electron chi connectivity index (χ3n) is 6.99. The first-order valence-electron chi connectivity index (χ1n) is 9.70. The molecule has 0 aromatic heterocycles. The zero-order valence-corrected chi connectivity index (χ0v) is 15.1. The van der Waals surface area contributed by atoms with Gasteiger partial charge in [-0.25, -0.2) is 0 Å². The zero-order valence-electron chi connectivity index (χ0n) is 14.3. The van der Waals surface area contributed by atoms with Crippen LogP contribution < -0.4 is 5.32 Å². The predicted molar refractivity (Wildman–Crippen MR) is 97.9 cm³/mol.